The van der Waals surface area contributed by atoms with E-state index in [1.807, 2.05) is 18.2 Å². The van der Waals surface area contributed by atoms with Crippen LogP contribution in [0.3, 0.4) is 0 Å². The van der Waals surface area contributed by atoms with E-state index < -0.39 is 0 Å². The second kappa shape index (κ2) is 5.20. The molecule has 0 bridgehead atoms. The molecule has 62 valence electrons. The first kappa shape index (κ1) is 10.5. The second-order valence-corrected chi connectivity index (χ2v) is 3.43. The molecule has 0 saturated carbocycles. The molecule has 0 heterocycles. The van der Waals surface area contributed by atoms with Gasteiger partial charge in [-0.3, -0.25) is 0 Å². The number of allylic oxidation sites excluding steroid dienone is 3. The van der Waals surface area contributed by atoms with Gasteiger partial charge >= 0.3 is 0 Å². The SMILES string of the molecule is C=CCC(Cl)(CC=C)CC=C. The summed E-state index contributed by atoms with van der Waals surface area (Å²) in [6.45, 7) is 11.0. The Morgan fingerprint density at radius 2 is 1.18 bits per heavy atom. The Labute approximate surface area is 74.3 Å². The predicted octanol–water partition coefficient (Wildman–Crippen LogP) is 3.69. The third kappa shape index (κ3) is 4.05. The summed E-state index contributed by atoms with van der Waals surface area (Å²) in [5.74, 6) is 0. The highest BCUT2D eigenvalue weighted by Crippen LogP contribution is 2.29. The number of hydrogen-bond donors (Lipinski definition) is 0. The molecule has 0 fully saturated rings. The molecule has 0 aromatic carbocycles. The van der Waals surface area contributed by atoms with E-state index in [1.165, 1.54) is 0 Å². The van der Waals surface area contributed by atoms with Crippen molar-refractivity contribution in [3.63, 3.8) is 0 Å². The zero-order chi connectivity index (χ0) is 8.74. The topological polar surface area (TPSA) is 0 Å². The van der Waals surface area contributed by atoms with Gasteiger partial charge in [-0.1, -0.05) is 18.2 Å². The predicted molar refractivity (Wildman–Crippen MR) is 53.0 cm³/mol. The van der Waals surface area contributed by atoms with Crippen LogP contribution in [0, 0.1) is 0 Å². The molecule has 0 saturated heterocycles. The summed E-state index contributed by atoms with van der Waals surface area (Å²) in [6.07, 6.45) is 7.89. The van der Waals surface area contributed by atoms with E-state index in [0.717, 1.165) is 19.3 Å². The van der Waals surface area contributed by atoms with Crippen molar-refractivity contribution in [2.24, 2.45) is 0 Å². The molecule has 11 heavy (non-hydrogen) atoms. The van der Waals surface area contributed by atoms with Crippen molar-refractivity contribution in [1.29, 1.82) is 0 Å². The van der Waals surface area contributed by atoms with Crippen LogP contribution < -0.4 is 0 Å². The standard InChI is InChI=1S/C10H15Cl/c1-4-7-10(11,8-5-2)9-6-3/h4-6H,1-3,7-9H2. The van der Waals surface area contributed by atoms with Crippen LogP contribution in [0.2, 0.25) is 0 Å². The highest BCUT2D eigenvalue weighted by Gasteiger charge is 2.21. The molecule has 0 spiro atoms. The smallest absolute Gasteiger partial charge is 0.0549 e. The van der Waals surface area contributed by atoms with Gasteiger partial charge in [-0.25, -0.2) is 0 Å². The first-order valence-electron chi connectivity index (χ1n) is 3.70. The average molecular weight is 171 g/mol. The van der Waals surface area contributed by atoms with E-state index in [9.17, 15) is 0 Å². The molecule has 0 aliphatic rings. The number of hydrogen-bond acceptors (Lipinski definition) is 0. The molecule has 1 heteroatoms. The minimum Gasteiger partial charge on any atom is -0.118 e. The first-order valence-corrected chi connectivity index (χ1v) is 4.08. The zero-order valence-corrected chi connectivity index (χ0v) is 7.61. The Balaban J connectivity index is 4.09. The molecule has 0 aliphatic heterocycles. The maximum absolute atomic E-state index is 6.23. The third-order valence-electron chi connectivity index (χ3n) is 1.53. The summed E-state index contributed by atoms with van der Waals surface area (Å²) < 4.78 is 0. The van der Waals surface area contributed by atoms with E-state index >= 15 is 0 Å². The van der Waals surface area contributed by atoms with Crippen LogP contribution in [0.25, 0.3) is 0 Å². The number of rotatable bonds is 6. The zero-order valence-electron chi connectivity index (χ0n) is 6.85. The van der Waals surface area contributed by atoms with Crippen LogP contribution in [-0.4, -0.2) is 4.87 Å². The van der Waals surface area contributed by atoms with Crippen LogP contribution in [0.4, 0.5) is 0 Å². The van der Waals surface area contributed by atoms with Gasteiger partial charge in [-0.15, -0.1) is 31.3 Å². The van der Waals surface area contributed by atoms with Crippen molar-refractivity contribution >= 4 is 11.6 Å². The van der Waals surface area contributed by atoms with Crippen LogP contribution >= 0.6 is 11.6 Å². The van der Waals surface area contributed by atoms with Crippen LogP contribution in [-0.2, 0) is 0 Å². The number of halogens is 1. The van der Waals surface area contributed by atoms with Gasteiger partial charge in [0.15, 0.2) is 0 Å². The minimum absolute atomic E-state index is 0.231. The van der Waals surface area contributed by atoms with Crippen LogP contribution in [0.1, 0.15) is 19.3 Å². The van der Waals surface area contributed by atoms with Crippen molar-refractivity contribution in [1.82, 2.24) is 0 Å². The first-order chi connectivity index (χ1) is 5.18. The summed E-state index contributed by atoms with van der Waals surface area (Å²) >= 11 is 6.23. The normalized spacial score (nSPS) is 10.6. The quantitative estimate of drug-likeness (QED) is 0.421. The molecule has 0 aromatic rings. The van der Waals surface area contributed by atoms with Crippen molar-refractivity contribution in [3.05, 3.63) is 38.0 Å². The molecule has 0 unspecified atom stereocenters. The van der Waals surface area contributed by atoms with Crippen molar-refractivity contribution in [2.75, 3.05) is 0 Å². The maximum Gasteiger partial charge on any atom is 0.0549 e. The van der Waals surface area contributed by atoms with E-state index in [2.05, 4.69) is 19.7 Å². The third-order valence-corrected chi connectivity index (χ3v) is 1.99. The van der Waals surface area contributed by atoms with Gasteiger partial charge < -0.3 is 0 Å². The Morgan fingerprint density at radius 1 is 0.909 bits per heavy atom. The average Bonchev–Trinajstić information content (AvgIpc) is 1.88. The van der Waals surface area contributed by atoms with Gasteiger partial charge in [0, 0.05) is 0 Å². The fraction of sp³-hybridized carbons (Fsp3) is 0.400. The van der Waals surface area contributed by atoms with Crippen LogP contribution in [0.5, 0.6) is 0 Å². The lowest BCUT2D eigenvalue weighted by Crippen LogP contribution is -2.18. The van der Waals surface area contributed by atoms with E-state index in [0.29, 0.717) is 0 Å². The fourth-order valence-corrected chi connectivity index (χ4v) is 1.35. The van der Waals surface area contributed by atoms with Gasteiger partial charge in [-0.2, -0.15) is 0 Å². The molecule has 0 nitrogen and oxygen atoms in total. The fourth-order valence-electron chi connectivity index (χ4n) is 1.03. The van der Waals surface area contributed by atoms with E-state index in [1.54, 1.807) is 0 Å². The van der Waals surface area contributed by atoms with Gasteiger partial charge in [0.1, 0.15) is 0 Å². The lowest BCUT2D eigenvalue weighted by molar-refractivity contribution is 0.597. The van der Waals surface area contributed by atoms with Gasteiger partial charge in [0.05, 0.1) is 4.87 Å². The van der Waals surface area contributed by atoms with Crippen LogP contribution in [0.15, 0.2) is 38.0 Å². The van der Waals surface area contributed by atoms with E-state index in [4.69, 9.17) is 11.6 Å². The lowest BCUT2D eigenvalue weighted by Gasteiger charge is -2.21. The summed E-state index contributed by atoms with van der Waals surface area (Å²) in [5.41, 5.74) is 0. The molecule has 0 atom stereocenters. The number of alkyl halides is 1. The molecule has 0 aromatic heterocycles. The van der Waals surface area contributed by atoms with Gasteiger partial charge in [0.2, 0.25) is 0 Å². The lowest BCUT2D eigenvalue weighted by atomic mass is 9.96. The van der Waals surface area contributed by atoms with Crippen molar-refractivity contribution in [3.8, 4) is 0 Å². The Morgan fingerprint density at radius 3 is 1.36 bits per heavy atom. The summed E-state index contributed by atoms with van der Waals surface area (Å²) in [5, 5.41) is 0. The second-order valence-electron chi connectivity index (χ2n) is 2.63. The molecular weight excluding hydrogens is 156 g/mol. The largest absolute Gasteiger partial charge is 0.118 e. The maximum atomic E-state index is 6.23. The highest BCUT2D eigenvalue weighted by atomic mass is 35.5. The molecule has 0 aliphatic carbocycles. The molecular formula is C10H15Cl. The van der Waals surface area contributed by atoms with Crippen molar-refractivity contribution in [2.45, 2.75) is 24.1 Å². The summed E-state index contributed by atoms with van der Waals surface area (Å²) in [6, 6.07) is 0. The molecule has 0 radical (unpaired) electrons. The monoisotopic (exact) mass is 170 g/mol. The van der Waals surface area contributed by atoms with Crippen molar-refractivity contribution < 1.29 is 0 Å². The summed E-state index contributed by atoms with van der Waals surface area (Å²) in [4.78, 5) is -0.231. The van der Waals surface area contributed by atoms with Gasteiger partial charge in [0.25, 0.3) is 0 Å². The Hall–Kier alpha value is -0.490. The minimum atomic E-state index is -0.231. The molecule has 0 amide bonds. The van der Waals surface area contributed by atoms with Gasteiger partial charge in [-0.05, 0) is 19.3 Å². The summed E-state index contributed by atoms with van der Waals surface area (Å²) in [7, 11) is 0. The Bertz CT molecular complexity index is 120. The Kier molecular flexibility index (Phi) is 4.97. The van der Waals surface area contributed by atoms with E-state index in [-0.39, 0.29) is 4.87 Å². The molecule has 0 N–H and O–H groups in total. The molecule has 0 rings (SSSR count). The highest BCUT2D eigenvalue weighted by molar-refractivity contribution is 6.24.